The fourth-order valence-electron chi connectivity index (χ4n) is 3.79. The number of ether oxygens (including phenoxy) is 2. The second-order valence-electron chi connectivity index (χ2n) is 8.88. The summed E-state index contributed by atoms with van der Waals surface area (Å²) in [6.45, 7) is 16.5. The second kappa shape index (κ2) is 12.4. The van der Waals surface area contributed by atoms with Crippen molar-refractivity contribution in [1.82, 2.24) is 14.1 Å². The lowest BCUT2D eigenvalue weighted by molar-refractivity contribution is -0.108. The maximum Gasteiger partial charge on any atom is 0.402 e. The minimum atomic E-state index is -2.18. The van der Waals surface area contributed by atoms with Crippen LogP contribution in [0, 0.1) is 0 Å². The molecule has 0 aliphatic heterocycles. The highest BCUT2D eigenvalue weighted by molar-refractivity contribution is 6.78. The van der Waals surface area contributed by atoms with E-state index in [1.165, 1.54) is 0 Å². The van der Waals surface area contributed by atoms with Crippen LogP contribution in [0.3, 0.4) is 0 Å². The van der Waals surface area contributed by atoms with Gasteiger partial charge in [-0.2, -0.15) is 0 Å². The molecule has 0 fully saturated rings. The molecule has 9 heteroatoms. The standard InChI is InChI=1S/C21H41N3O4Si2/c1-8-28-21(26)24(30(9-2,10-3)11-4)19(12-15-25)20-22-13-14-23(20)18-27-16-17-29(5,6)7/h13-15,19H,8-12,16-18H2,1-7H3. The van der Waals surface area contributed by atoms with Gasteiger partial charge in [-0.15, -0.1) is 0 Å². The van der Waals surface area contributed by atoms with Crippen LogP contribution in [0.1, 0.15) is 46.0 Å². The summed E-state index contributed by atoms with van der Waals surface area (Å²) < 4.78 is 15.2. The van der Waals surface area contributed by atoms with E-state index in [9.17, 15) is 9.59 Å². The van der Waals surface area contributed by atoms with Crippen LogP contribution in [0.15, 0.2) is 12.4 Å². The number of carbonyl (C=O) groups is 2. The van der Waals surface area contributed by atoms with Crippen molar-refractivity contribution >= 4 is 28.7 Å². The summed E-state index contributed by atoms with van der Waals surface area (Å²) >= 11 is 0. The van der Waals surface area contributed by atoms with Crippen molar-refractivity contribution in [1.29, 1.82) is 0 Å². The van der Waals surface area contributed by atoms with Crippen LogP contribution in [-0.2, 0) is 21.0 Å². The maximum absolute atomic E-state index is 13.1. The Kier molecular flexibility index (Phi) is 11.0. The molecule has 1 rings (SSSR count). The highest BCUT2D eigenvalue weighted by Crippen LogP contribution is 2.35. The molecule has 1 atom stereocenters. The molecule has 30 heavy (non-hydrogen) atoms. The van der Waals surface area contributed by atoms with Gasteiger partial charge in [-0.1, -0.05) is 40.4 Å². The van der Waals surface area contributed by atoms with E-state index in [-0.39, 0.29) is 12.5 Å². The van der Waals surface area contributed by atoms with Gasteiger partial charge in [0.1, 0.15) is 18.8 Å². The molecule has 0 spiro atoms. The van der Waals surface area contributed by atoms with E-state index in [0.717, 1.165) is 30.5 Å². The first-order valence-corrected chi connectivity index (χ1v) is 17.5. The molecule has 0 saturated heterocycles. The van der Waals surface area contributed by atoms with Gasteiger partial charge >= 0.3 is 6.09 Å². The largest absolute Gasteiger partial charge is 0.450 e. The van der Waals surface area contributed by atoms with Gasteiger partial charge < -0.3 is 23.4 Å². The highest BCUT2D eigenvalue weighted by atomic mass is 28.3. The number of hydrogen-bond donors (Lipinski definition) is 0. The summed E-state index contributed by atoms with van der Waals surface area (Å²) in [5.41, 5.74) is 0. The molecular weight excluding hydrogens is 414 g/mol. The number of aromatic nitrogens is 2. The number of amides is 1. The van der Waals surface area contributed by atoms with E-state index in [0.29, 0.717) is 25.8 Å². The summed E-state index contributed by atoms with van der Waals surface area (Å²) in [4.78, 5) is 29.3. The zero-order valence-electron chi connectivity index (χ0n) is 19.9. The fraction of sp³-hybridized carbons (Fsp3) is 0.762. The zero-order chi connectivity index (χ0) is 22.8. The molecule has 1 unspecified atom stereocenters. The minimum Gasteiger partial charge on any atom is -0.450 e. The molecule has 0 aliphatic carbocycles. The van der Waals surface area contributed by atoms with Gasteiger partial charge in [0, 0.05) is 33.5 Å². The van der Waals surface area contributed by atoms with Crippen molar-refractivity contribution in [3.63, 3.8) is 0 Å². The molecule has 0 aromatic carbocycles. The predicted octanol–water partition coefficient (Wildman–Crippen LogP) is 5.29. The number of nitrogens with zero attached hydrogens (tertiary/aromatic N) is 3. The molecule has 1 aromatic heterocycles. The normalized spacial score (nSPS) is 13.2. The Labute approximate surface area is 184 Å². The zero-order valence-corrected chi connectivity index (χ0v) is 21.9. The Morgan fingerprint density at radius 3 is 2.33 bits per heavy atom. The first kappa shape index (κ1) is 26.6. The lowest BCUT2D eigenvalue weighted by Gasteiger charge is -2.44. The van der Waals surface area contributed by atoms with E-state index in [4.69, 9.17) is 9.47 Å². The Morgan fingerprint density at radius 1 is 1.20 bits per heavy atom. The van der Waals surface area contributed by atoms with Gasteiger partial charge in [0.05, 0.1) is 12.6 Å². The van der Waals surface area contributed by atoms with Crippen molar-refractivity contribution in [2.75, 3.05) is 13.2 Å². The summed E-state index contributed by atoms with van der Waals surface area (Å²) in [7, 11) is -3.35. The topological polar surface area (TPSA) is 73.7 Å². The van der Waals surface area contributed by atoms with Crippen LogP contribution in [0.25, 0.3) is 0 Å². The number of aldehydes is 1. The third kappa shape index (κ3) is 7.06. The van der Waals surface area contributed by atoms with Gasteiger partial charge in [0.2, 0.25) is 0 Å². The van der Waals surface area contributed by atoms with Crippen LogP contribution in [0.4, 0.5) is 4.79 Å². The Bertz CT molecular complexity index is 649. The van der Waals surface area contributed by atoms with Crippen LogP contribution in [0.5, 0.6) is 0 Å². The van der Waals surface area contributed by atoms with Crippen LogP contribution < -0.4 is 0 Å². The van der Waals surface area contributed by atoms with E-state index in [1.54, 1.807) is 6.20 Å². The number of rotatable bonds is 14. The quantitative estimate of drug-likeness (QED) is 0.216. The molecule has 7 nitrogen and oxygen atoms in total. The molecule has 172 valence electrons. The van der Waals surface area contributed by atoms with Crippen molar-refractivity contribution in [3.8, 4) is 0 Å². The number of hydrogen-bond acceptors (Lipinski definition) is 5. The SMILES string of the molecule is CCOC(=O)N(C(CC=O)c1nccn1COCC[Si](C)(C)C)[Si](CC)(CC)CC. The maximum atomic E-state index is 13.1. The van der Waals surface area contributed by atoms with Gasteiger partial charge in [-0.25, -0.2) is 9.78 Å². The van der Waals surface area contributed by atoms with Crippen molar-refractivity contribution in [3.05, 3.63) is 18.2 Å². The van der Waals surface area contributed by atoms with Crippen LogP contribution in [0.2, 0.25) is 43.8 Å². The lowest BCUT2D eigenvalue weighted by atomic mass is 10.2. The van der Waals surface area contributed by atoms with Gasteiger partial charge in [-0.3, -0.25) is 0 Å². The Morgan fingerprint density at radius 2 is 1.83 bits per heavy atom. The molecule has 0 N–H and O–H groups in total. The average Bonchev–Trinajstić information content (AvgIpc) is 3.16. The molecule has 0 aliphatic rings. The minimum absolute atomic E-state index is 0.194. The van der Waals surface area contributed by atoms with E-state index >= 15 is 0 Å². The first-order valence-electron chi connectivity index (χ1n) is 11.2. The highest BCUT2D eigenvalue weighted by Gasteiger charge is 2.44. The predicted molar refractivity (Wildman–Crippen MR) is 126 cm³/mol. The van der Waals surface area contributed by atoms with Crippen molar-refractivity contribution in [2.45, 2.75) is 90.7 Å². The molecule has 1 heterocycles. The van der Waals surface area contributed by atoms with E-state index in [1.807, 2.05) is 22.3 Å². The molecular formula is C21H41N3O4Si2. The van der Waals surface area contributed by atoms with Gasteiger partial charge in [-0.05, 0) is 31.1 Å². The number of imidazole rings is 1. The average molecular weight is 456 g/mol. The summed E-state index contributed by atoms with van der Waals surface area (Å²) in [5.74, 6) is 0.690. The number of carbonyl (C=O) groups excluding carboxylic acids is 2. The van der Waals surface area contributed by atoms with E-state index in [2.05, 4.69) is 45.4 Å². The lowest BCUT2D eigenvalue weighted by Crippen LogP contribution is -2.57. The van der Waals surface area contributed by atoms with Crippen LogP contribution in [-0.4, -0.2) is 56.0 Å². The monoisotopic (exact) mass is 455 g/mol. The summed E-state index contributed by atoms with van der Waals surface area (Å²) in [6.07, 6.45) is 4.31. The van der Waals surface area contributed by atoms with Gasteiger partial charge in [0.25, 0.3) is 0 Å². The summed E-state index contributed by atoms with van der Waals surface area (Å²) in [6, 6.07) is 3.36. The molecule has 1 amide bonds. The third-order valence-corrected chi connectivity index (χ3v) is 13.0. The third-order valence-electron chi connectivity index (χ3n) is 5.85. The summed E-state index contributed by atoms with van der Waals surface area (Å²) in [5, 5.41) is 0. The van der Waals surface area contributed by atoms with Gasteiger partial charge in [0.15, 0.2) is 8.24 Å². The Balaban J connectivity index is 3.25. The van der Waals surface area contributed by atoms with Crippen molar-refractivity contribution < 1.29 is 19.1 Å². The fourth-order valence-corrected chi connectivity index (χ4v) is 8.40. The van der Waals surface area contributed by atoms with E-state index < -0.39 is 22.4 Å². The first-order chi connectivity index (χ1) is 14.2. The second-order valence-corrected chi connectivity index (χ2v) is 19.5. The Hall–Kier alpha value is -1.46. The molecule has 0 bridgehead atoms. The smallest absolute Gasteiger partial charge is 0.402 e. The molecule has 0 saturated carbocycles. The van der Waals surface area contributed by atoms with Crippen molar-refractivity contribution in [2.24, 2.45) is 0 Å². The van der Waals surface area contributed by atoms with Crippen LogP contribution >= 0.6 is 0 Å². The molecule has 1 aromatic rings. The molecule has 0 radical (unpaired) electrons.